The van der Waals surface area contributed by atoms with E-state index in [1.807, 2.05) is 30.5 Å². The summed E-state index contributed by atoms with van der Waals surface area (Å²) >= 11 is 4.86. The van der Waals surface area contributed by atoms with E-state index in [0.717, 1.165) is 25.8 Å². The third-order valence-electron chi connectivity index (χ3n) is 2.91. The molecular weight excluding hydrogens is 310 g/mol. The van der Waals surface area contributed by atoms with E-state index in [4.69, 9.17) is 0 Å². The molecule has 0 spiro atoms. The summed E-state index contributed by atoms with van der Waals surface area (Å²) in [5, 5.41) is 2.89. The molecule has 0 saturated heterocycles. The molecule has 0 aliphatic carbocycles. The number of benzene rings is 1. The second kappa shape index (κ2) is 4.37. The van der Waals surface area contributed by atoms with Crippen LogP contribution in [0.2, 0.25) is 0 Å². The lowest BCUT2D eigenvalue weighted by Crippen LogP contribution is -1.97. The van der Waals surface area contributed by atoms with Crippen LogP contribution in [0.25, 0.3) is 10.9 Å². The van der Waals surface area contributed by atoms with E-state index in [9.17, 15) is 4.79 Å². The lowest BCUT2D eigenvalue weighted by Gasteiger charge is -1.98. The van der Waals surface area contributed by atoms with E-state index >= 15 is 0 Å². The first kappa shape index (κ1) is 11.7. The van der Waals surface area contributed by atoms with Crippen molar-refractivity contribution in [3.63, 3.8) is 0 Å². The van der Waals surface area contributed by atoms with Crippen LogP contribution in [-0.2, 0) is 0 Å². The molecular formula is C14H10BrNOS. The number of hydrogen-bond donors (Lipinski definition) is 1. The van der Waals surface area contributed by atoms with Crippen LogP contribution in [0, 0.1) is 6.92 Å². The minimum atomic E-state index is 0.0620. The molecule has 2 nitrogen and oxygen atoms in total. The van der Waals surface area contributed by atoms with Gasteiger partial charge in [0.2, 0.25) is 5.78 Å². The molecule has 4 heteroatoms. The Hall–Kier alpha value is -1.39. The largest absolute Gasteiger partial charge is 0.360 e. The van der Waals surface area contributed by atoms with Crippen molar-refractivity contribution in [1.82, 2.24) is 4.98 Å². The Bertz CT molecular complexity index is 741. The molecule has 3 rings (SSSR count). The van der Waals surface area contributed by atoms with E-state index in [-0.39, 0.29) is 5.78 Å². The van der Waals surface area contributed by atoms with Crippen LogP contribution >= 0.6 is 27.3 Å². The maximum atomic E-state index is 12.4. The number of halogens is 1. The van der Waals surface area contributed by atoms with E-state index in [1.165, 1.54) is 16.9 Å². The van der Waals surface area contributed by atoms with Crippen molar-refractivity contribution < 1.29 is 4.79 Å². The van der Waals surface area contributed by atoms with E-state index in [1.54, 1.807) is 6.20 Å². The van der Waals surface area contributed by atoms with Crippen LogP contribution < -0.4 is 0 Å². The fourth-order valence-electron chi connectivity index (χ4n) is 2.01. The second-order valence-electron chi connectivity index (χ2n) is 4.18. The molecule has 2 aromatic heterocycles. The molecule has 0 bridgehead atoms. The van der Waals surface area contributed by atoms with Crippen molar-refractivity contribution >= 4 is 44.0 Å². The Labute approximate surface area is 117 Å². The molecule has 0 fully saturated rings. The van der Waals surface area contributed by atoms with Crippen LogP contribution in [0.5, 0.6) is 0 Å². The van der Waals surface area contributed by atoms with Crippen molar-refractivity contribution in [2.24, 2.45) is 0 Å². The van der Waals surface area contributed by atoms with Crippen LogP contribution in [0.3, 0.4) is 0 Å². The van der Waals surface area contributed by atoms with Gasteiger partial charge in [-0.25, -0.2) is 0 Å². The summed E-state index contributed by atoms with van der Waals surface area (Å²) in [6, 6.07) is 7.97. The number of nitrogens with one attached hydrogen (secondary N) is 1. The van der Waals surface area contributed by atoms with Gasteiger partial charge >= 0.3 is 0 Å². The normalized spacial score (nSPS) is 11.0. The van der Waals surface area contributed by atoms with Crippen molar-refractivity contribution in [1.29, 1.82) is 0 Å². The molecule has 0 aliphatic heterocycles. The zero-order valence-corrected chi connectivity index (χ0v) is 12.1. The molecule has 18 heavy (non-hydrogen) atoms. The zero-order valence-electron chi connectivity index (χ0n) is 9.66. The van der Waals surface area contributed by atoms with Gasteiger partial charge in [0.05, 0.1) is 4.88 Å². The predicted molar refractivity (Wildman–Crippen MR) is 78.5 cm³/mol. The zero-order chi connectivity index (χ0) is 12.7. The number of aryl methyl sites for hydroxylation is 1. The van der Waals surface area contributed by atoms with Gasteiger partial charge < -0.3 is 4.98 Å². The van der Waals surface area contributed by atoms with E-state index in [2.05, 4.69) is 27.0 Å². The van der Waals surface area contributed by atoms with Crippen LogP contribution in [-0.4, -0.2) is 10.8 Å². The average molecular weight is 320 g/mol. The Morgan fingerprint density at radius 3 is 2.89 bits per heavy atom. The van der Waals surface area contributed by atoms with Gasteiger partial charge in [0.1, 0.15) is 0 Å². The van der Waals surface area contributed by atoms with Crippen molar-refractivity contribution in [3.05, 3.63) is 56.3 Å². The third kappa shape index (κ3) is 1.82. The first-order chi connectivity index (χ1) is 8.66. The lowest BCUT2D eigenvalue weighted by molar-refractivity contribution is 0.104. The topological polar surface area (TPSA) is 32.9 Å². The first-order valence-electron chi connectivity index (χ1n) is 5.52. The second-order valence-corrected chi connectivity index (χ2v) is 5.95. The summed E-state index contributed by atoms with van der Waals surface area (Å²) in [4.78, 5) is 16.4. The van der Waals surface area contributed by atoms with Crippen molar-refractivity contribution in [2.75, 3.05) is 0 Å². The average Bonchev–Trinajstić information content (AvgIpc) is 2.94. The number of H-pyrrole nitrogens is 1. The highest BCUT2D eigenvalue weighted by Crippen LogP contribution is 2.28. The number of rotatable bonds is 2. The number of aromatic amines is 1. The summed E-state index contributed by atoms with van der Waals surface area (Å²) in [5.74, 6) is 0.0620. The summed E-state index contributed by atoms with van der Waals surface area (Å²) in [6.45, 7) is 2.04. The van der Waals surface area contributed by atoms with E-state index in [0.29, 0.717) is 0 Å². The molecule has 1 aromatic carbocycles. The minimum Gasteiger partial charge on any atom is -0.360 e. The number of aromatic nitrogens is 1. The van der Waals surface area contributed by atoms with Gasteiger partial charge in [-0.05, 0) is 45.9 Å². The predicted octanol–water partition coefficient (Wildman–Crippen LogP) is 4.53. The summed E-state index contributed by atoms with van der Waals surface area (Å²) < 4.78 is 0.860. The van der Waals surface area contributed by atoms with Crippen molar-refractivity contribution in [2.45, 2.75) is 6.92 Å². The van der Waals surface area contributed by atoms with Gasteiger partial charge in [0.15, 0.2) is 0 Å². The standard InChI is InChI=1S/C14H10BrNOS/c1-8-2-3-9-10(7-16-12(9)6-8)13(17)14-11(15)4-5-18-14/h2-7,16H,1H3. The number of carbonyl (C=O) groups excluding carboxylic acids is 1. The maximum absolute atomic E-state index is 12.4. The van der Waals surface area contributed by atoms with Crippen molar-refractivity contribution in [3.8, 4) is 0 Å². The smallest absolute Gasteiger partial charge is 0.206 e. The quantitative estimate of drug-likeness (QED) is 0.691. The molecule has 2 heterocycles. The summed E-state index contributed by atoms with van der Waals surface area (Å²) in [6.07, 6.45) is 1.79. The highest BCUT2D eigenvalue weighted by Gasteiger charge is 2.17. The fraction of sp³-hybridized carbons (Fsp3) is 0.0714. The van der Waals surface area contributed by atoms with E-state index < -0.39 is 0 Å². The fourth-order valence-corrected chi connectivity index (χ4v) is 3.51. The van der Waals surface area contributed by atoms with Gasteiger partial charge in [-0.1, -0.05) is 12.1 Å². The third-order valence-corrected chi connectivity index (χ3v) is 4.74. The van der Waals surface area contributed by atoms with Crippen LogP contribution in [0.15, 0.2) is 40.3 Å². The van der Waals surface area contributed by atoms with Gasteiger partial charge in [0.25, 0.3) is 0 Å². The van der Waals surface area contributed by atoms with Crippen LogP contribution in [0.1, 0.15) is 20.8 Å². The molecule has 0 unspecified atom stereocenters. The van der Waals surface area contributed by atoms with Gasteiger partial charge in [-0.15, -0.1) is 11.3 Å². The van der Waals surface area contributed by atoms with Gasteiger partial charge in [-0.3, -0.25) is 4.79 Å². The first-order valence-corrected chi connectivity index (χ1v) is 7.19. The molecule has 90 valence electrons. The van der Waals surface area contributed by atoms with Gasteiger partial charge in [-0.2, -0.15) is 0 Å². The van der Waals surface area contributed by atoms with Crippen LogP contribution in [0.4, 0.5) is 0 Å². The summed E-state index contributed by atoms with van der Waals surface area (Å²) in [7, 11) is 0. The molecule has 3 aromatic rings. The Kier molecular flexibility index (Phi) is 2.84. The Balaban J connectivity index is 2.16. The number of thiophene rings is 1. The lowest BCUT2D eigenvalue weighted by atomic mass is 10.1. The molecule has 0 aliphatic rings. The highest BCUT2D eigenvalue weighted by atomic mass is 79.9. The monoisotopic (exact) mass is 319 g/mol. The maximum Gasteiger partial charge on any atom is 0.206 e. The minimum absolute atomic E-state index is 0.0620. The summed E-state index contributed by atoms with van der Waals surface area (Å²) in [5.41, 5.74) is 2.92. The SMILES string of the molecule is Cc1ccc2c(C(=O)c3sccc3Br)c[nH]c2c1. The highest BCUT2D eigenvalue weighted by molar-refractivity contribution is 9.10. The Morgan fingerprint density at radius 1 is 1.33 bits per heavy atom. The van der Waals surface area contributed by atoms with Gasteiger partial charge in [0, 0.05) is 27.1 Å². The molecule has 0 saturated carbocycles. The molecule has 0 atom stereocenters. The molecule has 0 amide bonds. The number of fused-ring (bicyclic) bond motifs is 1. The number of ketones is 1. The Morgan fingerprint density at radius 2 is 2.17 bits per heavy atom. The molecule has 1 N–H and O–H groups in total. The number of carbonyl (C=O) groups is 1. The number of hydrogen-bond acceptors (Lipinski definition) is 2. The molecule has 0 radical (unpaired) electrons.